The molecule has 0 spiro atoms. The molecule has 1 saturated heterocycles. The van der Waals surface area contributed by atoms with Crippen molar-refractivity contribution >= 4 is 23.2 Å². The zero-order chi connectivity index (χ0) is 24.6. The van der Waals surface area contributed by atoms with E-state index in [-0.39, 0.29) is 29.8 Å². The van der Waals surface area contributed by atoms with E-state index in [0.717, 1.165) is 19.4 Å². The van der Waals surface area contributed by atoms with Gasteiger partial charge in [-0.05, 0) is 53.8 Å². The number of benzene rings is 2. The molecule has 1 aromatic heterocycles. The van der Waals surface area contributed by atoms with Crippen molar-refractivity contribution in [3.63, 3.8) is 0 Å². The summed E-state index contributed by atoms with van der Waals surface area (Å²) in [5.74, 6) is 0.870. The van der Waals surface area contributed by atoms with Crippen LogP contribution < -0.4 is 0 Å². The molecule has 2 amide bonds. The lowest BCUT2D eigenvalue weighted by atomic mass is 9.93. The summed E-state index contributed by atoms with van der Waals surface area (Å²) < 4.78 is 0. The van der Waals surface area contributed by atoms with Crippen LogP contribution in [-0.4, -0.2) is 65.3 Å². The lowest BCUT2D eigenvalue weighted by Gasteiger charge is -2.42. The molecule has 2 aromatic carbocycles. The lowest BCUT2D eigenvalue weighted by molar-refractivity contribution is -0.144. The molecule has 1 aliphatic carbocycles. The second kappa shape index (κ2) is 9.83. The van der Waals surface area contributed by atoms with Gasteiger partial charge in [-0.15, -0.1) is 11.3 Å². The Balaban J connectivity index is 1.09. The summed E-state index contributed by atoms with van der Waals surface area (Å²) in [5.41, 5.74) is 3.85. The minimum atomic E-state index is 0.0435. The predicted octanol–water partition coefficient (Wildman–Crippen LogP) is 4.56. The van der Waals surface area contributed by atoms with Crippen molar-refractivity contribution in [3.05, 3.63) is 93.7 Å². The molecule has 6 heteroatoms. The molecule has 3 aromatic rings. The molecule has 36 heavy (non-hydrogen) atoms. The maximum absolute atomic E-state index is 13.5. The Bertz CT molecular complexity index is 1230. The van der Waals surface area contributed by atoms with E-state index in [9.17, 15) is 9.59 Å². The van der Waals surface area contributed by atoms with E-state index in [1.54, 1.807) is 0 Å². The van der Waals surface area contributed by atoms with E-state index in [0.29, 0.717) is 32.1 Å². The maximum atomic E-state index is 13.5. The summed E-state index contributed by atoms with van der Waals surface area (Å²) in [6, 6.07) is 23.3. The standard InChI is InChI=1S/C30H33N3O2S/c1-21-19-31(15-16-33(21)30(35)26-18-25(26)22-8-4-2-5-9-22)28(34)20-32-14-12-27-24(13-17-36-27)29(32)23-10-6-3-7-11-23/h2-11,13,17,21,25-26,29H,12,14-16,18-20H2,1H3/t21-,25+,26+,29-/m1/s1. The molecule has 1 saturated carbocycles. The Morgan fingerprint density at radius 3 is 2.36 bits per heavy atom. The summed E-state index contributed by atoms with van der Waals surface area (Å²) in [6.07, 6.45) is 1.93. The maximum Gasteiger partial charge on any atom is 0.236 e. The van der Waals surface area contributed by atoms with Gasteiger partial charge in [-0.2, -0.15) is 0 Å². The molecular weight excluding hydrogens is 466 g/mol. The average Bonchev–Trinajstić information content (AvgIpc) is 3.58. The lowest BCUT2D eigenvalue weighted by Crippen LogP contribution is -2.57. The molecule has 3 aliphatic rings. The molecule has 2 aliphatic heterocycles. The van der Waals surface area contributed by atoms with Gasteiger partial charge < -0.3 is 9.80 Å². The van der Waals surface area contributed by atoms with E-state index in [4.69, 9.17) is 0 Å². The smallest absolute Gasteiger partial charge is 0.236 e. The molecule has 4 atom stereocenters. The minimum Gasteiger partial charge on any atom is -0.338 e. The van der Waals surface area contributed by atoms with Crippen LogP contribution in [-0.2, 0) is 16.0 Å². The Kier molecular flexibility index (Phi) is 6.40. The first-order valence-electron chi connectivity index (χ1n) is 13.1. The molecule has 5 nitrogen and oxygen atoms in total. The number of nitrogens with zero attached hydrogens (tertiary/aromatic N) is 3. The first-order chi connectivity index (χ1) is 17.6. The highest BCUT2D eigenvalue weighted by molar-refractivity contribution is 7.10. The van der Waals surface area contributed by atoms with Crippen molar-refractivity contribution < 1.29 is 9.59 Å². The van der Waals surface area contributed by atoms with Crippen LogP contribution in [0.4, 0.5) is 0 Å². The van der Waals surface area contributed by atoms with Gasteiger partial charge >= 0.3 is 0 Å². The van der Waals surface area contributed by atoms with Gasteiger partial charge in [0.15, 0.2) is 0 Å². The Morgan fingerprint density at radius 2 is 1.64 bits per heavy atom. The van der Waals surface area contributed by atoms with Crippen molar-refractivity contribution in [3.8, 4) is 0 Å². The predicted molar refractivity (Wildman–Crippen MR) is 143 cm³/mol. The number of fused-ring (bicyclic) bond motifs is 1. The third kappa shape index (κ3) is 4.48. The van der Waals surface area contributed by atoms with E-state index < -0.39 is 0 Å². The van der Waals surface area contributed by atoms with E-state index in [2.05, 4.69) is 59.7 Å². The normalized spacial score (nSPS) is 25.9. The van der Waals surface area contributed by atoms with Crippen molar-refractivity contribution in [1.82, 2.24) is 14.7 Å². The van der Waals surface area contributed by atoms with E-state index in [1.165, 1.54) is 21.6 Å². The molecular formula is C30H33N3O2S. The van der Waals surface area contributed by atoms with Crippen LogP contribution in [0.1, 0.15) is 46.9 Å². The fourth-order valence-corrected chi connectivity index (χ4v) is 7.00. The van der Waals surface area contributed by atoms with Crippen LogP contribution in [0.25, 0.3) is 0 Å². The number of hydrogen-bond acceptors (Lipinski definition) is 4. The third-order valence-electron chi connectivity index (χ3n) is 8.12. The summed E-state index contributed by atoms with van der Waals surface area (Å²) in [5, 5.41) is 2.17. The summed E-state index contributed by atoms with van der Waals surface area (Å²) >= 11 is 1.82. The molecule has 2 fully saturated rings. The Morgan fingerprint density at radius 1 is 0.917 bits per heavy atom. The molecule has 6 rings (SSSR count). The second-order valence-electron chi connectivity index (χ2n) is 10.4. The van der Waals surface area contributed by atoms with Crippen molar-refractivity contribution in [2.45, 2.75) is 37.8 Å². The number of hydrogen-bond donors (Lipinski definition) is 0. The van der Waals surface area contributed by atoms with E-state index >= 15 is 0 Å². The zero-order valence-corrected chi connectivity index (χ0v) is 21.6. The van der Waals surface area contributed by atoms with Gasteiger partial charge in [0.05, 0.1) is 12.6 Å². The summed E-state index contributed by atoms with van der Waals surface area (Å²) in [4.78, 5) is 34.5. The highest BCUT2D eigenvalue weighted by Crippen LogP contribution is 2.48. The summed E-state index contributed by atoms with van der Waals surface area (Å²) in [7, 11) is 0. The number of carbonyl (C=O) groups is 2. The van der Waals surface area contributed by atoms with Crippen LogP contribution in [0.3, 0.4) is 0 Å². The number of amides is 2. The monoisotopic (exact) mass is 499 g/mol. The van der Waals surface area contributed by atoms with Crippen molar-refractivity contribution in [2.75, 3.05) is 32.7 Å². The van der Waals surface area contributed by atoms with Crippen LogP contribution in [0.2, 0.25) is 0 Å². The van der Waals surface area contributed by atoms with Gasteiger partial charge in [0, 0.05) is 43.0 Å². The van der Waals surface area contributed by atoms with Crippen LogP contribution in [0.15, 0.2) is 72.1 Å². The first-order valence-corrected chi connectivity index (χ1v) is 14.0. The van der Waals surface area contributed by atoms with Crippen LogP contribution in [0, 0.1) is 5.92 Å². The van der Waals surface area contributed by atoms with Gasteiger partial charge in [-0.25, -0.2) is 0 Å². The molecule has 0 radical (unpaired) electrons. The topological polar surface area (TPSA) is 43.9 Å². The highest BCUT2D eigenvalue weighted by atomic mass is 32.1. The Labute approximate surface area is 217 Å². The quantitative estimate of drug-likeness (QED) is 0.517. The largest absolute Gasteiger partial charge is 0.338 e. The number of thiophene rings is 1. The number of carbonyl (C=O) groups excluding carboxylic acids is 2. The fourth-order valence-electron chi connectivity index (χ4n) is 6.10. The summed E-state index contributed by atoms with van der Waals surface area (Å²) in [6.45, 7) is 5.23. The third-order valence-corrected chi connectivity index (χ3v) is 9.11. The average molecular weight is 500 g/mol. The molecule has 0 unspecified atom stereocenters. The minimum absolute atomic E-state index is 0.0435. The molecule has 186 valence electrons. The first kappa shape index (κ1) is 23.4. The van der Waals surface area contributed by atoms with Gasteiger partial charge in [0.25, 0.3) is 0 Å². The SMILES string of the molecule is C[C@@H]1CN(C(=O)CN2CCc3sccc3[C@H]2c2ccccc2)CCN1C(=O)[C@H]1C[C@H]1c1ccccc1. The van der Waals surface area contributed by atoms with Crippen LogP contribution >= 0.6 is 11.3 Å². The molecule has 0 bridgehead atoms. The van der Waals surface area contributed by atoms with Crippen molar-refractivity contribution in [1.29, 1.82) is 0 Å². The van der Waals surface area contributed by atoms with Gasteiger partial charge in [0.2, 0.25) is 11.8 Å². The molecule has 3 heterocycles. The second-order valence-corrected chi connectivity index (χ2v) is 11.4. The van der Waals surface area contributed by atoms with Crippen molar-refractivity contribution in [2.24, 2.45) is 5.92 Å². The Hall–Kier alpha value is -2.96. The zero-order valence-electron chi connectivity index (χ0n) is 20.8. The van der Waals surface area contributed by atoms with Gasteiger partial charge in [-0.3, -0.25) is 14.5 Å². The van der Waals surface area contributed by atoms with Gasteiger partial charge in [0.1, 0.15) is 0 Å². The highest BCUT2D eigenvalue weighted by Gasteiger charge is 2.47. The fraction of sp³-hybridized carbons (Fsp3) is 0.400. The number of rotatable bonds is 5. The van der Waals surface area contributed by atoms with Crippen LogP contribution in [0.5, 0.6) is 0 Å². The van der Waals surface area contributed by atoms with E-state index in [1.807, 2.05) is 45.4 Å². The number of piperazine rings is 1. The van der Waals surface area contributed by atoms with Gasteiger partial charge in [-0.1, -0.05) is 60.7 Å². The molecule has 0 N–H and O–H groups in total.